The molecule has 1 saturated heterocycles. The summed E-state index contributed by atoms with van der Waals surface area (Å²) in [7, 11) is 0. The van der Waals surface area contributed by atoms with E-state index in [9.17, 15) is 4.79 Å². The molecule has 1 saturated carbocycles. The highest BCUT2D eigenvalue weighted by molar-refractivity contribution is 5.79. The van der Waals surface area contributed by atoms with Crippen LogP contribution in [0.3, 0.4) is 0 Å². The van der Waals surface area contributed by atoms with E-state index in [0.717, 1.165) is 49.4 Å². The molecule has 1 aliphatic heterocycles. The third kappa shape index (κ3) is 3.48. The SMILES string of the molecule is Cc1cc(NC2CC3(CCN(C(=O)Cc4cccnc4)C3)C2)ncn1. The zero-order valence-electron chi connectivity index (χ0n) is 14.5. The molecule has 3 heterocycles. The fourth-order valence-electron chi connectivity index (χ4n) is 4.10. The molecule has 2 fully saturated rings. The van der Waals surface area contributed by atoms with Crippen LogP contribution in [0.15, 0.2) is 36.9 Å². The van der Waals surface area contributed by atoms with E-state index >= 15 is 0 Å². The summed E-state index contributed by atoms with van der Waals surface area (Å²) >= 11 is 0. The first-order valence-corrected chi connectivity index (χ1v) is 8.84. The standard InChI is InChI=1S/C19H23N5O/c1-14-7-17(22-13-21-14)23-16-9-19(10-16)4-6-24(12-19)18(25)8-15-3-2-5-20-11-15/h2-3,5,7,11,13,16H,4,6,8-10,12H2,1H3,(H,21,22,23). The molecule has 2 aromatic heterocycles. The number of aryl methyl sites for hydroxylation is 1. The number of nitrogens with one attached hydrogen (secondary N) is 1. The summed E-state index contributed by atoms with van der Waals surface area (Å²) in [6.45, 7) is 3.73. The second kappa shape index (κ2) is 6.43. The van der Waals surface area contributed by atoms with Crippen LogP contribution < -0.4 is 5.32 Å². The number of pyridine rings is 1. The molecule has 25 heavy (non-hydrogen) atoms. The molecule has 0 bridgehead atoms. The molecule has 0 radical (unpaired) electrons. The van der Waals surface area contributed by atoms with E-state index in [0.29, 0.717) is 17.9 Å². The lowest BCUT2D eigenvalue weighted by atomic mass is 9.65. The van der Waals surface area contributed by atoms with Crippen LogP contribution in [0.2, 0.25) is 0 Å². The molecular weight excluding hydrogens is 314 g/mol. The lowest BCUT2D eigenvalue weighted by Crippen LogP contribution is -2.47. The average molecular weight is 337 g/mol. The van der Waals surface area contributed by atoms with E-state index in [1.165, 1.54) is 0 Å². The summed E-state index contributed by atoms with van der Waals surface area (Å²) in [6, 6.07) is 6.26. The minimum absolute atomic E-state index is 0.215. The minimum Gasteiger partial charge on any atom is -0.367 e. The van der Waals surface area contributed by atoms with Gasteiger partial charge in [-0.25, -0.2) is 9.97 Å². The van der Waals surface area contributed by atoms with E-state index in [1.54, 1.807) is 18.7 Å². The van der Waals surface area contributed by atoms with Crippen molar-refractivity contribution in [2.24, 2.45) is 5.41 Å². The molecule has 1 amide bonds. The summed E-state index contributed by atoms with van der Waals surface area (Å²) < 4.78 is 0. The Balaban J connectivity index is 1.29. The number of rotatable bonds is 4. The molecular formula is C19H23N5O. The summed E-state index contributed by atoms with van der Waals surface area (Å²) in [5, 5.41) is 3.49. The Morgan fingerprint density at radius 1 is 1.40 bits per heavy atom. The second-order valence-electron chi connectivity index (χ2n) is 7.40. The maximum atomic E-state index is 12.5. The van der Waals surface area contributed by atoms with Gasteiger partial charge in [-0.2, -0.15) is 0 Å². The Morgan fingerprint density at radius 2 is 2.28 bits per heavy atom. The first-order valence-electron chi connectivity index (χ1n) is 8.84. The van der Waals surface area contributed by atoms with Crippen LogP contribution in [0.25, 0.3) is 0 Å². The molecule has 2 aliphatic rings. The quantitative estimate of drug-likeness (QED) is 0.926. The van der Waals surface area contributed by atoms with Crippen molar-refractivity contribution in [2.75, 3.05) is 18.4 Å². The zero-order valence-corrected chi connectivity index (χ0v) is 14.5. The van der Waals surface area contributed by atoms with Crippen molar-refractivity contribution in [1.29, 1.82) is 0 Å². The number of anilines is 1. The van der Waals surface area contributed by atoms with Gasteiger partial charge in [-0.15, -0.1) is 0 Å². The maximum absolute atomic E-state index is 12.5. The van der Waals surface area contributed by atoms with Gasteiger partial charge in [0, 0.05) is 43.3 Å². The van der Waals surface area contributed by atoms with Gasteiger partial charge < -0.3 is 10.2 Å². The maximum Gasteiger partial charge on any atom is 0.227 e. The highest BCUT2D eigenvalue weighted by Gasteiger charge is 2.49. The smallest absolute Gasteiger partial charge is 0.227 e. The van der Waals surface area contributed by atoms with Crippen molar-refractivity contribution in [2.45, 2.75) is 38.6 Å². The van der Waals surface area contributed by atoms with Crippen LogP contribution in [0, 0.1) is 12.3 Å². The van der Waals surface area contributed by atoms with E-state index in [4.69, 9.17) is 0 Å². The number of hydrogen-bond donors (Lipinski definition) is 1. The van der Waals surface area contributed by atoms with E-state index in [-0.39, 0.29) is 5.91 Å². The number of carbonyl (C=O) groups is 1. The van der Waals surface area contributed by atoms with Crippen molar-refractivity contribution < 1.29 is 4.79 Å². The third-order valence-corrected chi connectivity index (χ3v) is 5.38. The highest BCUT2D eigenvalue weighted by atomic mass is 16.2. The van der Waals surface area contributed by atoms with Crippen LogP contribution >= 0.6 is 0 Å². The van der Waals surface area contributed by atoms with Gasteiger partial charge in [0.25, 0.3) is 0 Å². The van der Waals surface area contributed by atoms with Crippen LogP contribution in [0.1, 0.15) is 30.5 Å². The number of likely N-dealkylation sites (tertiary alicyclic amines) is 1. The van der Waals surface area contributed by atoms with Gasteiger partial charge in [-0.1, -0.05) is 6.07 Å². The van der Waals surface area contributed by atoms with Gasteiger partial charge in [0.2, 0.25) is 5.91 Å². The van der Waals surface area contributed by atoms with E-state index in [1.807, 2.05) is 30.0 Å². The Labute approximate surface area is 147 Å². The highest BCUT2D eigenvalue weighted by Crippen LogP contribution is 2.49. The van der Waals surface area contributed by atoms with Crippen LogP contribution in [0.4, 0.5) is 5.82 Å². The summed E-state index contributed by atoms with van der Waals surface area (Å²) in [5.41, 5.74) is 2.25. The molecule has 1 N–H and O–H groups in total. The summed E-state index contributed by atoms with van der Waals surface area (Å²) in [6.07, 6.45) is 8.87. The number of hydrogen-bond acceptors (Lipinski definition) is 5. The molecule has 4 rings (SSSR count). The molecule has 0 atom stereocenters. The molecule has 1 aliphatic carbocycles. The topological polar surface area (TPSA) is 71.0 Å². The predicted molar refractivity (Wildman–Crippen MR) is 95.0 cm³/mol. The average Bonchev–Trinajstić information content (AvgIpc) is 3.01. The molecule has 2 aromatic rings. The van der Waals surface area contributed by atoms with Crippen molar-refractivity contribution in [3.05, 3.63) is 48.2 Å². The van der Waals surface area contributed by atoms with Gasteiger partial charge in [0.15, 0.2) is 0 Å². The summed E-state index contributed by atoms with van der Waals surface area (Å²) in [5.74, 6) is 1.11. The zero-order chi connectivity index (χ0) is 17.3. The van der Waals surface area contributed by atoms with Crippen molar-refractivity contribution in [3.8, 4) is 0 Å². The lowest BCUT2D eigenvalue weighted by molar-refractivity contribution is -0.130. The lowest BCUT2D eigenvalue weighted by Gasteiger charge is -2.45. The fourth-order valence-corrected chi connectivity index (χ4v) is 4.10. The van der Waals surface area contributed by atoms with Gasteiger partial charge in [0.05, 0.1) is 6.42 Å². The second-order valence-corrected chi connectivity index (χ2v) is 7.40. The molecule has 1 spiro atoms. The third-order valence-electron chi connectivity index (χ3n) is 5.38. The number of nitrogens with zero attached hydrogens (tertiary/aromatic N) is 4. The van der Waals surface area contributed by atoms with Crippen molar-refractivity contribution in [3.63, 3.8) is 0 Å². The Bertz CT molecular complexity index is 757. The molecule has 6 heteroatoms. The minimum atomic E-state index is 0.215. The number of amides is 1. The van der Waals surface area contributed by atoms with Gasteiger partial charge in [-0.3, -0.25) is 9.78 Å². The van der Waals surface area contributed by atoms with Gasteiger partial charge in [0.1, 0.15) is 12.1 Å². The van der Waals surface area contributed by atoms with Gasteiger partial charge in [-0.05, 0) is 43.2 Å². The van der Waals surface area contributed by atoms with Crippen molar-refractivity contribution >= 4 is 11.7 Å². The monoisotopic (exact) mass is 337 g/mol. The van der Waals surface area contributed by atoms with Crippen LogP contribution in [-0.4, -0.2) is 44.9 Å². The van der Waals surface area contributed by atoms with E-state index in [2.05, 4.69) is 20.3 Å². The predicted octanol–water partition coefficient (Wildman–Crippen LogP) is 2.22. The van der Waals surface area contributed by atoms with Crippen molar-refractivity contribution in [1.82, 2.24) is 19.9 Å². The first-order chi connectivity index (χ1) is 12.1. The van der Waals surface area contributed by atoms with E-state index < -0.39 is 0 Å². The largest absolute Gasteiger partial charge is 0.367 e. The molecule has 130 valence electrons. The number of carbonyl (C=O) groups excluding carboxylic acids is 1. The molecule has 6 nitrogen and oxygen atoms in total. The Hall–Kier alpha value is -2.50. The Kier molecular flexibility index (Phi) is 4.11. The van der Waals surface area contributed by atoms with Crippen LogP contribution in [-0.2, 0) is 11.2 Å². The summed E-state index contributed by atoms with van der Waals surface area (Å²) in [4.78, 5) is 27.0. The van der Waals surface area contributed by atoms with Crippen LogP contribution in [0.5, 0.6) is 0 Å². The first kappa shape index (κ1) is 16.0. The van der Waals surface area contributed by atoms with Gasteiger partial charge >= 0.3 is 0 Å². The molecule has 0 unspecified atom stereocenters. The number of aromatic nitrogens is 3. The Morgan fingerprint density at radius 3 is 3.04 bits per heavy atom. The fraction of sp³-hybridized carbons (Fsp3) is 0.474. The normalized spacial score (nSPS) is 25.0. The molecule has 0 aromatic carbocycles.